The second-order valence-electron chi connectivity index (χ2n) is 2.89. The maximum atomic E-state index is 8.62. The fraction of sp³-hybridized carbons (Fsp3) is 0.111. The Balaban J connectivity index is 2.75. The lowest BCUT2D eigenvalue weighted by atomic mass is 10.1. The highest BCUT2D eigenvalue weighted by atomic mass is 79.9. The van der Waals surface area contributed by atoms with E-state index >= 15 is 0 Å². The van der Waals surface area contributed by atoms with Crippen molar-refractivity contribution >= 4 is 32.9 Å². The predicted molar refractivity (Wildman–Crippen MR) is 57.5 cm³/mol. The largest absolute Gasteiger partial charge is 0.369 e. The number of aromatic nitrogens is 2. The molecule has 70 valence electrons. The van der Waals surface area contributed by atoms with Crippen molar-refractivity contribution in [2.24, 2.45) is 0 Å². The van der Waals surface area contributed by atoms with Gasteiger partial charge in [-0.2, -0.15) is 5.26 Å². The zero-order chi connectivity index (χ0) is 10.1. The highest BCUT2D eigenvalue weighted by Crippen LogP contribution is 2.25. The van der Waals surface area contributed by atoms with Gasteiger partial charge < -0.3 is 10.7 Å². The number of halogens is 1. The summed E-state index contributed by atoms with van der Waals surface area (Å²) in [7, 11) is 0. The van der Waals surface area contributed by atoms with Gasteiger partial charge in [0.05, 0.1) is 23.5 Å². The Kier molecular flexibility index (Phi) is 2.14. The van der Waals surface area contributed by atoms with Gasteiger partial charge in [-0.25, -0.2) is 4.98 Å². The molecule has 0 atom stereocenters. The fourth-order valence-electron chi connectivity index (χ4n) is 1.36. The van der Waals surface area contributed by atoms with E-state index in [-0.39, 0.29) is 0 Å². The quantitative estimate of drug-likeness (QED) is 0.813. The third kappa shape index (κ3) is 1.34. The molecule has 0 saturated carbocycles. The summed E-state index contributed by atoms with van der Waals surface area (Å²) in [6.45, 7) is 0. The molecule has 5 heteroatoms. The summed E-state index contributed by atoms with van der Waals surface area (Å²) < 4.78 is 0.901. The zero-order valence-corrected chi connectivity index (χ0v) is 8.80. The molecule has 0 radical (unpaired) electrons. The topological polar surface area (TPSA) is 78.5 Å². The van der Waals surface area contributed by atoms with E-state index in [1.807, 2.05) is 12.1 Å². The van der Waals surface area contributed by atoms with Gasteiger partial charge in [-0.05, 0) is 27.6 Å². The van der Waals surface area contributed by atoms with Crippen molar-refractivity contribution in [3.05, 3.63) is 22.2 Å². The molecule has 3 N–H and O–H groups in total. The number of hydrogen-bond acceptors (Lipinski definition) is 3. The molecule has 14 heavy (non-hydrogen) atoms. The van der Waals surface area contributed by atoms with Crippen LogP contribution in [0.3, 0.4) is 0 Å². The second-order valence-corrected chi connectivity index (χ2v) is 3.74. The first-order valence-corrected chi connectivity index (χ1v) is 4.81. The van der Waals surface area contributed by atoms with Crippen LogP contribution in [0.25, 0.3) is 11.0 Å². The minimum atomic E-state index is 0.341. The number of anilines is 1. The molecule has 0 amide bonds. The SMILES string of the molecule is N#CCc1ccc(Br)c2[nH]c(N)nc12. The van der Waals surface area contributed by atoms with E-state index in [1.165, 1.54) is 0 Å². The number of nitrogens with zero attached hydrogens (tertiary/aromatic N) is 2. The van der Waals surface area contributed by atoms with Gasteiger partial charge in [-0.3, -0.25) is 0 Å². The number of imidazole rings is 1. The Morgan fingerprint density at radius 1 is 1.57 bits per heavy atom. The Bertz CT molecular complexity index is 523. The summed E-state index contributed by atoms with van der Waals surface area (Å²) in [5, 5.41) is 8.62. The Hall–Kier alpha value is -1.54. The number of nitrogen functional groups attached to an aromatic ring is 1. The van der Waals surface area contributed by atoms with Crippen LogP contribution < -0.4 is 5.73 Å². The van der Waals surface area contributed by atoms with Crippen molar-refractivity contribution in [2.75, 3.05) is 5.73 Å². The Labute approximate surface area is 88.9 Å². The van der Waals surface area contributed by atoms with Crippen molar-refractivity contribution in [1.82, 2.24) is 9.97 Å². The van der Waals surface area contributed by atoms with E-state index < -0.39 is 0 Å². The minimum Gasteiger partial charge on any atom is -0.369 e. The second kappa shape index (κ2) is 3.31. The molecule has 0 bridgehead atoms. The monoisotopic (exact) mass is 250 g/mol. The Morgan fingerprint density at radius 3 is 3.07 bits per heavy atom. The molecular formula is C9H7BrN4. The minimum absolute atomic E-state index is 0.341. The summed E-state index contributed by atoms with van der Waals surface area (Å²) in [6.07, 6.45) is 0.341. The molecule has 0 aliphatic rings. The van der Waals surface area contributed by atoms with Gasteiger partial charge in [0.25, 0.3) is 0 Å². The average molecular weight is 251 g/mol. The van der Waals surface area contributed by atoms with E-state index in [0.717, 1.165) is 21.1 Å². The average Bonchev–Trinajstić information content (AvgIpc) is 2.53. The lowest BCUT2D eigenvalue weighted by molar-refractivity contribution is 1.27. The van der Waals surface area contributed by atoms with Gasteiger partial charge in [0, 0.05) is 4.47 Å². The van der Waals surface area contributed by atoms with Gasteiger partial charge in [-0.1, -0.05) is 6.07 Å². The summed E-state index contributed by atoms with van der Waals surface area (Å²) >= 11 is 3.39. The van der Waals surface area contributed by atoms with Crippen LogP contribution in [0.5, 0.6) is 0 Å². The maximum Gasteiger partial charge on any atom is 0.198 e. The van der Waals surface area contributed by atoms with Gasteiger partial charge in [0.1, 0.15) is 0 Å². The van der Waals surface area contributed by atoms with Crippen LogP contribution in [0.15, 0.2) is 16.6 Å². The van der Waals surface area contributed by atoms with Crippen molar-refractivity contribution in [3.8, 4) is 6.07 Å². The van der Waals surface area contributed by atoms with E-state index in [0.29, 0.717) is 12.4 Å². The molecule has 2 aromatic rings. The lowest BCUT2D eigenvalue weighted by Gasteiger charge is -1.97. The van der Waals surface area contributed by atoms with Gasteiger partial charge in [-0.15, -0.1) is 0 Å². The summed E-state index contributed by atoms with van der Waals surface area (Å²) in [5.41, 5.74) is 8.05. The first-order chi connectivity index (χ1) is 6.72. The lowest BCUT2D eigenvalue weighted by Crippen LogP contribution is -1.86. The first kappa shape index (κ1) is 9.03. The van der Waals surface area contributed by atoms with Gasteiger partial charge in [0.15, 0.2) is 5.95 Å². The molecule has 0 unspecified atom stereocenters. The standard InChI is InChI=1S/C9H7BrN4/c10-6-2-1-5(3-4-11)7-8(6)14-9(12)13-7/h1-2H,3H2,(H3,12,13,14). The van der Waals surface area contributed by atoms with Gasteiger partial charge >= 0.3 is 0 Å². The molecule has 1 heterocycles. The number of nitriles is 1. The van der Waals surface area contributed by atoms with Crippen LogP contribution in [-0.4, -0.2) is 9.97 Å². The summed E-state index contributed by atoms with van der Waals surface area (Å²) in [6, 6.07) is 5.85. The number of aromatic amines is 1. The maximum absolute atomic E-state index is 8.62. The van der Waals surface area contributed by atoms with Crippen LogP contribution in [0.4, 0.5) is 5.95 Å². The van der Waals surface area contributed by atoms with E-state index in [2.05, 4.69) is 32.0 Å². The number of rotatable bonds is 1. The molecule has 0 spiro atoms. The van der Waals surface area contributed by atoms with Crippen LogP contribution in [-0.2, 0) is 6.42 Å². The first-order valence-electron chi connectivity index (χ1n) is 4.02. The number of fused-ring (bicyclic) bond motifs is 1. The number of H-pyrrole nitrogens is 1. The number of benzene rings is 1. The van der Waals surface area contributed by atoms with Crippen molar-refractivity contribution < 1.29 is 0 Å². The van der Waals surface area contributed by atoms with Crippen molar-refractivity contribution in [1.29, 1.82) is 5.26 Å². The summed E-state index contributed by atoms with van der Waals surface area (Å²) in [4.78, 5) is 7.07. The molecule has 4 nitrogen and oxygen atoms in total. The molecule has 2 rings (SSSR count). The van der Waals surface area contributed by atoms with E-state index in [1.54, 1.807) is 0 Å². The smallest absolute Gasteiger partial charge is 0.198 e. The van der Waals surface area contributed by atoms with Crippen LogP contribution in [0.1, 0.15) is 5.56 Å². The normalized spacial score (nSPS) is 10.3. The molecular weight excluding hydrogens is 244 g/mol. The zero-order valence-electron chi connectivity index (χ0n) is 7.21. The molecule has 0 aliphatic heterocycles. The van der Waals surface area contributed by atoms with Crippen LogP contribution >= 0.6 is 15.9 Å². The number of nitrogens with one attached hydrogen (secondary N) is 1. The molecule has 1 aromatic carbocycles. The number of hydrogen-bond donors (Lipinski definition) is 2. The molecule has 0 fully saturated rings. The fourth-order valence-corrected chi connectivity index (χ4v) is 1.78. The third-order valence-corrected chi connectivity index (χ3v) is 2.63. The van der Waals surface area contributed by atoms with Crippen molar-refractivity contribution in [3.63, 3.8) is 0 Å². The van der Waals surface area contributed by atoms with Crippen LogP contribution in [0.2, 0.25) is 0 Å². The molecule has 0 saturated heterocycles. The highest BCUT2D eigenvalue weighted by Gasteiger charge is 2.08. The predicted octanol–water partition coefficient (Wildman–Crippen LogP) is 1.97. The molecule has 0 aliphatic carbocycles. The third-order valence-electron chi connectivity index (χ3n) is 1.97. The number of nitrogens with two attached hydrogens (primary N) is 1. The van der Waals surface area contributed by atoms with E-state index in [9.17, 15) is 0 Å². The van der Waals surface area contributed by atoms with Crippen LogP contribution in [0, 0.1) is 11.3 Å². The molecule has 1 aromatic heterocycles. The van der Waals surface area contributed by atoms with Crippen molar-refractivity contribution in [2.45, 2.75) is 6.42 Å². The van der Waals surface area contributed by atoms with Gasteiger partial charge in [0.2, 0.25) is 0 Å². The highest BCUT2D eigenvalue weighted by molar-refractivity contribution is 9.10. The Morgan fingerprint density at radius 2 is 2.36 bits per heavy atom. The van der Waals surface area contributed by atoms with E-state index in [4.69, 9.17) is 11.0 Å². The summed E-state index contributed by atoms with van der Waals surface area (Å²) in [5.74, 6) is 0.367.